The molecule has 0 radical (unpaired) electrons. The van der Waals surface area contributed by atoms with Gasteiger partial charge >= 0.3 is 0 Å². The third kappa shape index (κ3) is 2.28. The number of hydrogen-bond acceptors (Lipinski definition) is 5. The van der Waals surface area contributed by atoms with Crippen LogP contribution in [0.3, 0.4) is 0 Å². The van der Waals surface area contributed by atoms with Gasteiger partial charge in [0, 0.05) is 11.6 Å². The molecule has 0 bridgehead atoms. The van der Waals surface area contributed by atoms with Gasteiger partial charge in [-0.2, -0.15) is 0 Å². The lowest BCUT2D eigenvalue weighted by atomic mass is 10.1. The van der Waals surface area contributed by atoms with Crippen molar-refractivity contribution in [3.8, 4) is 33.4 Å². The summed E-state index contributed by atoms with van der Waals surface area (Å²) in [5.41, 5.74) is 1.70. The third-order valence-electron chi connectivity index (χ3n) is 2.95. The van der Waals surface area contributed by atoms with Gasteiger partial charge in [-0.15, -0.1) is 11.3 Å². The summed E-state index contributed by atoms with van der Waals surface area (Å²) in [6.07, 6.45) is 0. The van der Waals surface area contributed by atoms with Gasteiger partial charge in [-0.05, 0) is 29.6 Å². The van der Waals surface area contributed by atoms with Crippen molar-refractivity contribution in [2.45, 2.75) is 0 Å². The second-order valence-corrected chi connectivity index (χ2v) is 5.07. The monoisotopic (exact) mass is 287 g/mol. The number of aromatic nitrogens is 1. The number of ether oxygens (including phenoxy) is 2. The summed E-state index contributed by atoms with van der Waals surface area (Å²) in [7, 11) is 3.23. The van der Waals surface area contributed by atoms with Gasteiger partial charge in [-0.3, -0.25) is 0 Å². The molecule has 1 aromatic carbocycles. The summed E-state index contributed by atoms with van der Waals surface area (Å²) >= 11 is 1.62. The number of benzene rings is 1. The molecule has 0 amide bonds. The molecule has 0 atom stereocenters. The van der Waals surface area contributed by atoms with Crippen LogP contribution in [0.4, 0.5) is 0 Å². The van der Waals surface area contributed by atoms with Gasteiger partial charge in [-0.25, -0.2) is 0 Å². The first-order valence-electron chi connectivity index (χ1n) is 6.05. The van der Waals surface area contributed by atoms with Gasteiger partial charge in [0.2, 0.25) is 0 Å². The fourth-order valence-corrected chi connectivity index (χ4v) is 2.61. The maximum Gasteiger partial charge on any atom is 0.177 e. The van der Waals surface area contributed by atoms with Gasteiger partial charge < -0.3 is 14.0 Å². The Balaban J connectivity index is 1.97. The maximum absolute atomic E-state index is 5.38. The zero-order valence-corrected chi connectivity index (χ0v) is 11.9. The number of nitrogens with zero attached hydrogens (tertiary/aromatic N) is 1. The fraction of sp³-hybridized carbons (Fsp3) is 0.133. The van der Waals surface area contributed by atoms with E-state index in [-0.39, 0.29) is 0 Å². The summed E-state index contributed by atoms with van der Waals surface area (Å²) in [5, 5.41) is 6.12. The summed E-state index contributed by atoms with van der Waals surface area (Å²) in [4.78, 5) is 1.06. The molecule has 0 spiro atoms. The van der Waals surface area contributed by atoms with Crippen molar-refractivity contribution < 1.29 is 14.0 Å². The summed E-state index contributed by atoms with van der Waals surface area (Å²) < 4.78 is 15.9. The zero-order chi connectivity index (χ0) is 13.9. The minimum Gasteiger partial charge on any atom is -0.493 e. The van der Waals surface area contributed by atoms with Gasteiger partial charge in [0.1, 0.15) is 5.69 Å². The molecule has 0 saturated carbocycles. The summed E-state index contributed by atoms with van der Waals surface area (Å²) in [5.74, 6) is 2.13. The number of thiophene rings is 1. The van der Waals surface area contributed by atoms with Crippen molar-refractivity contribution >= 4 is 11.3 Å². The zero-order valence-electron chi connectivity index (χ0n) is 11.1. The summed E-state index contributed by atoms with van der Waals surface area (Å²) in [6, 6.07) is 11.6. The van der Waals surface area contributed by atoms with E-state index < -0.39 is 0 Å². The lowest BCUT2D eigenvalue weighted by molar-refractivity contribution is 0.355. The Morgan fingerprint density at radius 3 is 2.60 bits per heavy atom. The topological polar surface area (TPSA) is 44.5 Å². The molecule has 4 nitrogen and oxygen atoms in total. The highest BCUT2D eigenvalue weighted by molar-refractivity contribution is 7.13. The largest absolute Gasteiger partial charge is 0.493 e. The molecule has 5 heteroatoms. The van der Waals surface area contributed by atoms with Crippen molar-refractivity contribution in [1.82, 2.24) is 5.16 Å². The predicted octanol–water partition coefficient (Wildman–Crippen LogP) is 4.09. The molecule has 3 aromatic rings. The Hall–Kier alpha value is -2.27. The molecular weight excluding hydrogens is 274 g/mol. The molecule has 0 aliphatic rings. The van der Waals surface area contributed by atoms with E-state index in [1.807, 2.05) is 41.8 Å². The molecule has 0 fully saturated rings. The average molecular weight is 287 g/mol. The van der Waals surface area contributed by atoms with Crippen LogP contribution in [0.2, 0.25) is 0 Å². The molecule has 2 aromatic heterocycles. The van der Waals surface area contributed by atoms with Gasteiger partial charge in [0.05, 0.1) is 19.1 Å². The van der Waals surface area contributed by atoms with E-state index in [1.54, 1.807) is 25.6 Å². The lowest BCUT2D eigenvalue weighted by Crippen LogP contribution is -1.90. The molecule has 2 heterocycles. The van der Waals surface area contributed by atoms with E-state index in [4.69, 9.17) is 14.0 Å². The van der Waals surface area contributed by atoms with E-state index in [9.17, 15) is 0 Å². The first-order chi connectivity index (χ1) is 9.81. The van der Waals surface area contributed by atoms with Crippen molar-refractivity contribution in [3.63, 3.8) is 0 Å². The van der Waals surface area contributed by atoms with Crippen LogP contribution in [0, 0.1) is 0 Å². The fourth-order valence-electron chi connectivity index (χ4n) is 1.94. The highest BCUT2D eigenvalue weighted by Crippen LogP contribution is 2.34. The second kappa shape index (κ2) is 5.38. The molecule has 0 aliphatic heterocycles. The Morgan fingerprint density at radius 2 is 1.90 bits per heavy atom. The van der Waals surface area contributed by atoms with Crippen LogP contribution >= 0.6 is 11.3 Å². The Labute approximate surface area is 120 Å². The third-order valence-corrected chi connectivity index (χ3v) is 3.84. The van der Waals surface area contributed by atoms with Crippen molar-refractivity contribution in [3.05, 3.63) is 41.8 Å². The van der Waals surface area contributed by atoms with E-state index >= 15 is 0 Å². The van der Waals surface area contributed by atoms with Crippen LogP contribution in [-0.2, 0) is 0 Å². The van der Waals surface area contributed by atoms with Gasteiger partial charge in [0.25, 0.3) is 0 Å². The van der Waals surface area contributed by atoms with E-state index in [1.165, 1.54) is 0 Å². The van der Waals surface area contributed by atoms with Gasteiger partial charge in [-0.1, -0.05) is 11.2 Å². The smallest absolute Gasteiger partial charge is 0.177 e. The van der Waals surface area contributed by atoms with Crippen LogP contribution in [0.5, 0.6) is 11.5 Å². The Kier molecular flexibility index (Phi) is 3.43. The minimum absolute atomic E-state index is 0.672. The lowest BCUT2D eigenvalue weighted by Gasteiger charge is -2.07. The normalized spacial score (nSPS) is 10.5. The van der Waals surface area contributed by atoms with Crippen molar-refractivity contribution in [2.75, 3.05) is 14.2 Å². The molecule has 3 rings (SSSR count). The van der Waals surface area contributed by atoms with Crippen LogP contribution in [0.25, 0.3) is 21.9 Å². The second-order valence-electron chi connectivity index (χ2n) is 4.12. The highest BCUT2D eigenvalue weighted by atomic mass is 32.1. The van der Waals surface area contributed by atoms with E-state index in [0.29, 0.717) is 11.5 Å². The van der Waals surface area contributed by atoms with Crippen LogP contribution < -0.4 is 9.47 Å². The quantitative estimate of drug-likeness (QED) is 0.725. The first-order valence-corrected chi connectivity index (χ1v) is 6.93. The van der Waals surface area contributed by atoms with Crippen molar-refractivity contribution in [2.24, 2.45) is 0 Å². The first kappa shape index (κ1) is 12.7. The molecular formula is C15H13NO3S. The van der Waals surface area contributed by atoms with Crippen molar-refractivity contribution in [1.29, 1.82) is 0 Å². The van der Waals surface area contributed by atoms with Crippen LogP contribution in [0.15, 0.2) is 46.3 Å². The van der Waals surface area contributed by atoms with E-state index in [2.05, 4.69) is 5.16 Å². The highest BCUT2D eigenvalue weighted by Gasteiger charge is 2.12. The van der Waals surface area contributed by atoms with Crippen LogP contribution in [0.1, 0.15) is 0 Å². The Bertz CT molecular complexity index is 704. The number of hydrogen-bond donors (Lipinski definition) is 0. The Morgan fingerprint density at radius 1 is 1.05 bits per heavy atom. The van der Waals surface area contributed by atoms with E-state index in [0.717, 1.165) is 21.9 Å². The SMILES string of the molecule is COc1ccc(-c2cc(-c3cccs3)on2)cc1OC. The molecule has 20 heavy (non-hydrogen) atoms. The summed E-state index contributed by atoms with van der Waals surface area (Å²) in [6.45, 7) is 0. The van der Waals surface area contributed by atoms with Crippen LogP contribution in [-0.4, -0.2) is 19.4 Å². The average Bonchev–Trinajstić information content (AvgIpc) is 3.16. The standard InChI is InChI=1S/C15H13NO3S/c1-17-12-6-5-10(8-13(12)18-2)11-9-14(19-16-11)15-4-3-7-20-15/h3-9H,1-2H3. The maximum atomic E-state index is 5.38. The predicted molar refractivity (Wildman–Crippen MR) is 78.4 cm³/mol. The number of methoxy groups -OCH3 is 2. The molecule has 0 unspecified atom stereocenters. The molecule has 0 aliphatic carbocycles. The molecule has 0 N–H and O–H groups in total. The number of rotatable bonds is 4. The minimum atomic E-state index is 0.672. The molecule has 0 saturated heterocycles. The van der Waals surface area contributed by atoms with Gasteiger partial charge in [0.15, 0.2) is 17.3 Å². The molecule has 102 valence electrons.